The number of carbonyl (C=O) groups is 1. The van der Waals surface area contributed by atoms with Crippen molar-refractivity contribution in [2.45, 2.75) is 25.3 Å². The fourth-order valence-electron chi connectivity index (χ4n) is 2.76. The molecule has 3 aromatic rings. The molecule has 1 amide bonds. The van der Waals surface area contributed by atoms with Gasteiger partial charge in [-0.2, -0.15) is 26.3 Å². The first-order valence-electron chi connectivity index (χ1n) is 9.17. The SMILES string of the molecule is C[C@@H](NC(=O)c1cc(-c2ccccc2)oc1C(F)(F)F)c1ccc(OCC(F)(F)F)cn1. The van der Waals surface area contributed by atoms with Crippen molar-refractivity contribution in [3.8, 4) is 17.1 Å². The Morgan fingerprint density at radius 3 is 2.34 bits per heavy atom. The van der Waals surface area contributed by atoms with Crippen LogP contribution in [-0.4, -0.2) is 23.7 Å². The molecule has 2 aromatic heterocycles. The van der Waals surface area contributed by atoms with E-state index in [0.29, 0.717) is 5.56 Å². The van der Waals surface area contributed by atoms with Crippen LogP contribution in [0.15, 0.2) is 59.1 Å². The van der Waals surface area contributed by atoms with Crippen LogP contribution in [0, 0.1) is 0 Å². The Morgan fingerprint density at radius 1 is 1.09 bits per heavy atom. The summed E-state index contributed by atoms with van der Waals surface area (Å²) in [6.07, 6.45) is -8.39. The zero-order valence-electron chi connectivity index (χ0n) is 16.4. The average Bonchev–Trinajstić information content (AvgIpc) is 3.19. The van der Waals surface area contributed by atoms with Gasteiger partial charge in [-0.1, -0.05) is 30.3 Å². The number of rotatable bonds is 6. The Morgan fingerprint density at radius 2 is 1.78 bits per heavy atom. The van der Waals surface area contributed by atoms with Crippen LogP contribution in [0.1, 0.15) is 34.8 Å². The quantitative estimate of drug-likeness (QED) is 0.475. The zero-order chi connectivity index (χ0) is 23.5. The summed E-state index contributed by atoms with van der Waals surface area (Å²) < 4.78 is 86.3. The first kappa shape index (κ1) is 23.2. The molecule has 11 heteroatoms. The summed E-state index contributed by atoms with van der Waals surface area (Å²) in [5.41, 5.74) is -0.132. The number of furan rings is 1. The van der Waals surface area contributed by atoms with Gasteiger partial charge in [-0.15, -0.1) is 0 Å². The topological polar surface area (TPSA) is 64.4 Å². The smallest absolute Gasteiger partial charge is 0.450 e. The van der Waals surface area contributed by atoms with Gasteiger partial charge < -0.3 is 14.5 Å². The highest BCUT2D eigenvalue weighted by atomic mass is 19.4. The first-order chi connectivity index (χ1) is 14.9. The van der Waals surface area contributed by atoms with E-state index < -0.39 is 42.2 Å². The molecule has 3 rings (SSSR count). The summed E-state index contributed by atoms with van der Waals surface area (Å²) in [5.74, 6) is -2.76. The minimum Gasteiger partial charge on any atom is -0.483 e. The highest BCUT2D eigenvalue weighted by molar-refractivity contribution is 5.96. The molecule has 2 heterocycles. The summed E-state index contributed by atoms with van der Waals surface area (Å²) in [7, 11) is 0. The van der Waals surface area contributed by atoms with Crippen molar-refractivity contribution in [1.29, 1.82) is 0 Å². The summed E-state index contributed by atoms with van der Waals surface area (Å²) in [6.45, 7) is -0.0350. The molecular formula is C21H16F6N2O3. The lowest BCUT2D eigenvalue weighted by Crippen LogP contribution is -2.28. The normalized spacial score (nSPS) is 13.0. The lowest BCUT2D eigenvalue weighted by Gasteiger charge is -2.15. The van der Waals surface area contributed by atoms with Crippen molar-refractivity contribution in [2.24, 2.45) is 0 Å². The Labute approximate surface area is 178 Å². The van der Waals surface area contributed by atoms with Crippen LogP contribution in [0.5, 0.6) is 5.75 Å². The number of nitrogens with one attached hydrogen (secondary N) is 1. The number of alkyl halides is 6. The Kier molecular flexibility index (Phi) is 6.47. The van der Waals surface area contributed by atoms with E-state index in [9.17, 15) is 31.1 Å². The number of halogens is 6. The maximum atomic E-state index is 13.4. The summed E-state index contributed by atoms with van der Waals surface area (Å²) in [5, 5.41) is 2.38. The van der Waals surface area contributed by atoms with Gasteiger partial charge in [0, 0.05) is 5.56 Å². The molecule has 0 aliphatic carbocycles. The van der Waals surface area contributed by atoms with Crippen molar-refractivity contribution in [2.75, 3.05) is 6.61 Å². The van der Waals surface area contributed by atoms with Gasteiger partial charge >= 0.3 is 12.4 Å². The molecule has 32 heavy (non-hydrogen) atoms. The maximum Gasteiger partial charge on any atom is 0.450 e. The number of hydrogen-bond donors (Lipinski definition) is 1. The molecule has 1 aromatic carbocycles. The van der Waals surface area contributed by atoms with Gasteiger partial charge in [0.05, 0.1) is 23.5 Å². The van der Waals surface area contributed by atoms with Gasteiger partial charge in [0.2, 0.25) is 5.76 Å². The third-order valence-electron chi connectivity index (χ3n) is 4.25. The monoisotopic (exact) mass is 458 g/mol. The number of benzene rings is 1. The summed E-state index contributed by atoms with van der Waals surface area (Å²) >= 11 is 0. The number of pyridine rings is 1. The predicted molar refractivity (Wildman–Crippen MR) is 101 cm³/mol. The highest BCUT2D eigenvalue weighted by Gasteiger charge is 2.40. The first-order valence-corrected chi connectivity index (χ1v) is 9.17. The highest BCUT2D eigenvalue weighted by Crippen LogP contribution is 2.37. The van der Waals surface area contributed by atoms with E-state index in [1.54, 1.807) is 18.2 Å². The fraction of sp³-hybridized carbons (Fsp3) is 0.238. The molecular weight excluding hydrogens is 442 g/mol. The van der Waals surface area contributed by atoms with Crippen LogP contribution in [0.25, 0.3) is 11.3 Å². The van der Waals surface area contributed by atoms with Crippen molar-refractivity contribution in [3.05, 3.63) is 71.7 Å². The molecule has 0 aliphatic rings. The number of amides is 1. The number of carbonyl (C=O) groups excluding carboxylic acids is 1. The largest absolute Gasteiger partial charge is 0.483 e. The van der Waals surface area contributed by atoms with E-state index in [-0.39, 0.29) is 17.2 Å². The number of aromatic nitrogens is 1. The van der Waals surface area contributed by atoms with Gasteiger partial charge in [0.25, 0.3) is 5.91 Å². The van der Waals surface area contributed by atoms with E-state index in [2.05, 4.69) is 15.0 Å². The van der Waals surface area contributed by atoms with Gasteiger partial charge in [-0.3, -0.25) is 9.78 Å². The van der Waals surface area contributed by atoms with E-state index in [1.165, 1.54) is 31.2 Å². The summed E-state index contributed by atoms with van der Waals surface area (Å²) in [6, 6.07) is 10.6. The molecule has 0 spiro atoms. The molecule has 0 bridgehead atoms. The van der Waals surface area contributed by atoms with Crippen molar-refractivity contribution in [3.63, 3.8) is 0 Å². The molecule has 1 atom stereocenters. The van der Waals surface area contributed by atoms with Gasteiger partial charge in [-0.25, -0.2) is 0 Å². The van der Waals surface area contributed by atoms with Gasteiger partial charge in [-0.05, 0) is 25.1 Å². The fourth-order valence-corrected chi connectivity index (χ4v) is 2.76. The van der Waals surface area contributed by atoms with Crippen LogP contribution >= 0.6 is 0 Å². The molecule has 0 saturated carbocycles. The van der Waals surface area contributed by atoms with E-state index in [4.69, 9.17) is 4.42 Å². The van der Waals surface area contributed by atoms with Crippen molar-refractivity contribution < 1.29 is 40.3 Å². The molecule has 5 nitrogen and oxygen atoms in total. The molecule has 0 aliphatic heterocycles. The van der Waals surface area contributed by atoms with Gasteiger partial charge in [0.15, 0.2) is 6.61 Å². The third kappa shape index (κ3) is 5.80. The van der Waals surface area contributed by atoms with Crippen LogP contribution < -0.4 is 10.1 Å². The lowest BCUT2D eigenvalue weighted by atomic mass is 10.1. The molecule has 0 unspecified atom stereocenters. The Bertz CT molecular complexity index is 1060. The van der Waals surface area contributed by atoms with Crippen LogP contribution in [0.3, 0.4) is 0 Å². The zero-order valence-corrected chi connectivity index (χ0v) is 16.4. The Balaban J connectivity index is 1.77. The van der Waals surface area contributed by atoms with Crippen LogP contribution in [0.4, 0.5) is 26.3 Å². The van der Waals surface area contributed by atoms with E-state index in [1.807, 2.05) is 0 Å². The van der Waals surface area contributed by atoms with Crippen molar-refractivity contribution in [1.82, 2.24) is 10.3 Å². The molecule has 170 valence electrons. The number of hydrogen-bond acceptors (Lipinski definition) is 4. The van der Waals surface area contributed by atoms with Crippen LogP contribution in [0.2, 0.25) is 0 Å². The minimum atomic E-state index is -4.90. The standard InChI is InChI=1S/C21H16F6N2O3/c1-12(16-8-7-14(10-28-16)31-11-20(22,23)24)29-19(30)15-9-17(13-5-3-2-4-6-13)32-18(15)21(25,26)27/h2-10,12H,11H2,1H3,(H,29,30)/t12-/m1/s1. The Hall–Kier alpha value is -3.50. The second-order valence-corrected chi connectivity index (χ2v) is 6.74. The average molecular weight is 458 g/mol. The maximum absolute atomic E-state index is 13.4. The molecule has 0 saturated heterocycles. The lowest BCUT2D eigenvalue weighted by molar-refractivity contribution is -0.153. The second-order valence-electron chi connectivity index (χ2n) is 6.74. The second kappa shape index (κ2) is 8.93. The minimum absolute atomic E-state index is 0.125. The predicted octanol–water partition coefficient (Wildman–Crippen LogP) is 5.79. The molecule has 1 N–H and O–H groups in total. The third-order valence-corrected chi connectivity index (χ3v) is 4.25. The number of nitrogens with zero attached hydrogens (tertiary/aromatic N) is 1. The van der Waals surface area contributed by atoms with Crippen LogP contribution in [-0.2, 0) is 6.18 Å². The van der Waals surface area contributed by atoms with E-state index in [0.717, 1.165) is 12.3 Å². The van der Waals surface area contributed by atoms with E-state index >= 15 is 0 Å². The van der Waals surface area contributed by atoms with Crippen molar-refractivity contribution >= 4 is 5.91 Å². The van der Waals surface area contributed by atoms with Gasteiger partial charge in [0.1, 0.15) is 11.5 Å². The number of ether oxygens (including phenoxy) is 1. The summed E-state index contributed by atoms with van der Waals surface area (Å²) in [4.78, 5) is 16.5. The molecule has 0 radical (unpaired) electrons. The molecule has 0 fully saturated rings.